The zero-order valence-corrected chi connectivity index (χ0v) is 16.2. The molecule has 0 bridgehead atoms. The van der Waals surface area contributed by atoms with Crippen molar-refractivity contribution in [2.24, 2.45) is 0 Å². The van der Waals surface area contributed by atoms with Crippen LogP contribution >= 0.6 is 11.3 Å². The number of hydrogen-bond donors (Lipinski definition) is 2. The predicted octanol–water partition coefficient (Wildman–Crippen LogP) is 3.57. The molecule has 2 heterocycles. The lowest BCUT2D eigenvalue weighted by atomic mass is 10.1. The van der Waals surface area contributed by atoms with Gasteiger partial charge in [-0.2, -0.15) is 0 Å². The summed E-state index contributed by atoms with van der Waals surface area (Å²) >= 11 is 1.34. The molecule has 6 nitrogen and oxygen atoms in total. The Hall–Kier alpha value is -2.80. The lowest BCUT2D eigenvalue weighted by molar-refractivity contribution is 0.0848. The number of nitrogens with one attached hydrogen (secondary N) is 2. The summed E-state index contributed by atoms with van der Waals surface area (Å²) in [5, 5.41) is 0.930. The molecule has 1 aromatic carbocycles. The Labute approximate surface area is 161 Å². The van der Waals surface area contributed by atoms with Crippen LogP contribution in [0.5, 0.6) is 0 Å². The highest BCUT2D eigenvalue weighted by molar-refractivity contribution is 7.20. The summed E-state index contributed by atoms with van der Waals surface area (Å²) < 4.78 is 0. The SMILES string of the molecule is Cc1ccccc1C(=O)NNC(=O)c1sc2nc(C3CC3)nc(C)c2c1C. The zero-order chi connectivity index (χ0) is 19.1. The number of aromatic nitrogens is 2. The van der Waals surface area contributed by atoms with Crippen molar-refractivity contribution in [2.75, 3.05) is 0 Å². The third kappa shape index (κ3) is 3.30. The Balaban J connectivity index is 1.56. The van der Waals surface area contributed by atoms with Gasteiger partial charge in [-0.05, 0) is 50.8 Å². The first-order chi connectivity index (χ1) is 13.0. The first-order valence-electron chi connectivity index (χ1n) is 8.89. The standard InChI is InChI=1S/C20H20N4O2S/c1-10-6-4-5-7-14(10)18(25)23-24-19(26)16-11(2)15-12(3)21-17(13-8-9-13)22-20(15)27-16/h4-7,13H,8-9H2,1-3H3,(H,23,25)(H,24,26). The van der Waals surface area contributed by atoms with Gasteiger partial charge in [0.15, 0.2) is 0 Å². The van der Waals surface area contributed by atoms with Crippen LogP contribution in [0, 0.1) is 20.8 Å². The molecular weight excluding hydrogens is 360 g/mol. The Bertz CT molecular complexity index is 1070. The second-order valence-corrected chi connectivity index (χ2v) is 7.90. The average Bonchev–Trinajstić information content (AvgIpc) is 3.44. The van der Waals surface area contributed by atoms with Crippen molar-refractivity contribution in [1.82, 2.24) is 20.8 Å². The number of amides is 2. The summed E-state index contributed by atoms with van der Waals surface area (Å²) in [6, 6.07) is 7.23. The van der Waals surface area contributed by atoms with Crippen LogP contribution < -0.4 is 10.9 Å². The number of carbonyl (C=O) groups excluding carboxylic acids is 2. The van der Waals surface area contributed by atoms with E-state index in [1.165, 1.54) is 11.3 Å². The van der Waals surface area contributed by atoms with E-state index < -0.39 is 0 Å². The number of aryl methyl sites for hydroxylation is 3. The highest BCUT2D eigenvalue weighted by Gasteiger charge is 2.28. The Morgan fingerprint density at radius 3 is 2.44 bits per heavy atom. The molecule has 138 valence electrons. The zero-order valence-electron chi connectivity index (χ0n) is 15.4. The van der Waals surface area contributed by atoms with E-state index in [-0.39, 0.29) is 11.8 Å². The number of nitrogens with zero attached hydrogens (tertiary/aromatic N) is 2. The van der Waals surface area contributed by atoms with Crippen molar-refractivity contribution >= 4 is 33.4 Å². The number of carbonyl (C=O) groups is 2. The maximum atomic E-state index is 12.6. The molecule has 1 aliphatic rings. The van der Waals surface area contributed by atoms with Gasteiger partial charge in [-0.15, -0.1) is 11.3 Å². The molecule has 2 aromatic heterocycles. The highest BCUT2D eigenvalue weighted by Crippen LogP contribution is 2.40. The van der Waals surface area contributed by atoms with Crippen LogP contribution in [-0.2, 0) is 0 Å². The second kappa shape index (κ2) is 6.74. The van der Waals surface area contributed by atoms with E-state index in [1.807, 2.05) is 32.9 Å². The van der Waals surface area contributed by atoms with Gasteiger partial charge in [-0.3, -0.25) is 20.4 Å². The van der Waals surface area contributed by atoms with Gasteiger partial charge in [0.05, 0.1) is 10.6 Å². The molecule has 1 fully saturated rings. The first kappa shape index (κ1) is 17.6. The quantitative estimate of drug-likeness (QED) is 0.681. The molecule has 0 atom stereocenters. The highest BCUT2D eigenvalue weighted by atomic mass is 32.1. The van der Waals surface area contributed by atoms with E-state index in [0.717, 1.165) is 45.7 Å². The molecular formula is C20H20N4O2S. The Morgan fingerprint density at radius 1 is 1.04 bits per heavy atom. The molecule has 1 aliphatic carbocycles. The van der Waals surface area contributed by atoms with Gasteiger partial charge < -0.3 is 0 Å². The monoisotopic (exact) mass is 380 g/mol. The minimum absolute atomic E-state index is 0.341. The minimum Gasteiger partial charge on any atom is -0.267 e. The van der Waals surface area contributed by atoms with Gasteiger partial charge in [-0.1, -0.05) is 18.2 Å². The van der Waals surface area contributed by atoms with Crippen LogP contribution in [0.3, 0.4) is 0 Å². The fraction of sp³-hybridized carbons (Fsp3) is 0.300. The maximum absolute atomic E-state index is 12.6. The first-order valence-corrected chi connectivity index (χ1v) is 9.71. The van der Waals surface area contributed by atoms with Crippen LogP contribution in [-0.4, -0.2) is 21.8 Å². The topological polar surface area (TPSA) is 84.0 Å². The Morgan fingerprint density at radius 2 is 1.74 bits per heavy atom. The van der Waals surface area contributed by atoms with Crippen molar-refractivity contribution in [3.05, 3.63) is 57.4 Å². The van der Waals surface area contributed by atoms with Crippen molar-refractivity contribution in [3.8, 4) is 0 Å². The average molecular weight is 380 g/mol. The third-order valence-electron chi connectivity index (χ3n) is 4.82. The van der Waals surface area contributed by atoms with Gasteiger partial charge in [0, 0.05) is 16.9 Å². The van der Waals surface area contributed by atoms with Crippen LogP contribution in [0.15, 0.2) is 24.3 Å². The third-order valence-corrected chi connectivity index (χ3v) is 6.00. The summed E-state index contributed by atoms with van der Waals surface area (Å²) in [4.78, 5) is 35.6. The molecule has 2 amide bonds. The van der Waals surface area contributed by atoms with Crippen LogP contribution in [0.2, 0.25) is 0 Å². The Kier molecular flexibility index (Phi) is 4.39. The summed E-state index contributed by atoms with van der Waals surface area (Å²) in [5.41, 5.74) is 8.14. The van der Waals surface area contributed by atoms with Crippen molar-refractivity contribution in [3.63, 3.8) is 0 Å². The molecule has 4 rings (SSSR count). The minimum atomic E-state index is -0.343. The van der Waals surface area contributed by atoms with E-state index in [2.05, 4.69) is 20.8 Å². The molecule has 0 unspecified atom stereocenters. The summed E-state index contributed by atoms with van der Waals surface area (Å²) in [6.45, 7) is 5.70. The smallest absolute Gasteiger partial charge is 0.267 e. The lowest BCUT2D eigenvalue weighted by Crippen LogP contribution is -2.41. The number of benzene rings is 1. The molecule has 3 aromatic rings. The molecule has 0 radical (unpaired) electrons. The van der Waals surface area contributed by atoms with Crippen molar-refractivity contribution in [2.45, 2.75) is 39.5 Å². The number of thiophene rings is 1. The molecule has 27 heavy (non-hydrogen) atoms. The predicted molar refractivity (Wildman–Crippen MR) is 105 cm³/mol. The normalized spacial score (nSPS) is 13.6. The summed E-state index contributed by atoms with van der Waals surface area (Å²) in [5.74, 6) is 0.652. The fourth-order valence-corrected chi connectivity index (χ4v) is 4.30. The number of hydrazine groups is 1. The van der Waals surface area contributed by atoms with Crippen molar-refractivity contribution in [1.29, 1.82) is 0 Å². The second-order valence-electron chi connectivity index (χ2n) is 6.90. The van der Waals surface area contributed by atoms with E-state index in [1.54, 1.807) is 12.1 Å². The van der Waals surface area contributed by atoms with E-state index >= 15 is 0 Å². The summed E-state index contributed by atoms with van der Waals surface area (Å²) in [7, 11) is 0. The van der Waals surface area contributed by atoms with Gasteiger partial charge in [0.1, 0.15) is 10.7 Å². The van der Waals surface area contributed by atoms with Crippen LogP contribution in [0.25, 0.3) is 10.2 Å². The van der Waals surface area contributed by atoms with E-state index in [4.69, 9.17) is 0 Å². The van der Waals surface area contributed by atoms with Crippen LogP contribution in [0.4, 0.5) is 0 Å². The van der Waals surface area contributed by atoms with Gasteiger partial charge >= 0.3 is 0 Å². The fourth-order valence-electron chi connectivity index (χ4n) is 3.17. The van der Waals surface area contributed by atoms with Gasteiger partial charge in [0.2, 0.25) is 0 Å². The van der Waals surface area contributed by atoms with E-state index in [0.29, 0.717) is 16.4 Å². The van der Waals surface area contributed by atoms with Crippen LogP contribution in [0.1, 0.15) is 61.4 Å². The number of hydrogen-bond acceptors (Lipinski definition) is 5. The molecule has 7 heteroatoms. The van der Waals surface area contributed by atoms with Crippen molar-refractivity contribution < 1.29 is 9.59 Å². The largest absolute Gasteiger partial charge is 0.280 e. The van der Waals surface area contributed by atoms with Gasteiger partial charge in [0.25, 0.3) is 11.8 Å². The molecule has 0 spiro atoms. The van der Waals surface area contributed by atoms with Gasteiger partial charge in [-0.25, -0.2) is 9.97 Å². The number of rotatable bonds is 3. The molecule has 1 saturated carbocycles. The maximum Gasteiger partial charge on any atom is 0.280 e. The number of fused-ring (bicyclic) bond motifs is 1. The van der Waals surface area contributed by atoms with E-state index in [9.17, 15) is 9.59 Å². The molecule has 0 aliphatic heterocycles. The molecule has 0 saturated heterocycles. The molecule has 2 N–H and O–H groups in total. The summed E-state index contributed by atoms with van der Waals surface area (Å²) in [6.07, 6.45) is 2.27. The lowest BCUT2D eigenvalue weighted by Gasteiger charge is -2.08.